The second-order valence-electron chi connectivity index (χ2n) is 7.86. The number of hydrogen-bond acceptors (Lipinski definition) is 6. The number of halogens is 4. The van der Waals surface area contributed by atoms with Gasteiger partial charge >= 0.3 is 12.3 Å². The van der Waals surface area contributed by atoms with Crippen molar-refractivity contribution in [3.05, 3.63) is 82.8 Å². The minimum absolute atomic E-state index is 0.0903. The van der Waals surface area contributed by atoms with Gasteiger partial charge in [-0.3, -0.25) is 4.57 Å². The summed E-state index contributed by atoms with van der Waals surface area (Å²) in [6.45, 7) is 1.75. The lowest BCUT2D eigenvalue weighted by molar-refractivity contribution is -0.137. The lowest BCUT2D eigenvalue weighted by Crippen LogP contribution is -2.32. The van der Waals surface area contributed by atoms with Crippen LogP contribution in [0.15, 0.2) is 65.8 Å². The van der Waals surface area contributed by atoms with Gasteiger partial charge in [-0.2, -0.15) is 21.6 Å². The number of rotatable bonds is 7. The van der Waals surface area contributed by atoms with Crippen LogP contribution in [0.3, 0.4) is 0 Å². The van der Waals surface area contributed by atoms with E-state index in [1.807, 2.05) is 6.92 Å². The van der Waals surface area contributed by atoms with E-state index in [9.17, 15) is 26.4 Å². The second kappa shape index (κ2) is 10.4. The minimum atomic E-state index is -4.59. The number of benzene rings is 2. The van der Waals surface area contributed by atoms with Crippen molar-refractivity contribution in [3.63, 3.8) is 0 Å². The first-order chi connectivity index (χ1) is 17.5. The molecular weight excluding hydrogens is 533 g/mol. The first kappa shape index (κ1) is 26.4. The number of aryl methyl sites for hydroxylation is 1. The van der Waals surface area contributed by atoms with Gasteiger partial charge in [-0.1, -0.05) is 36.7 Å². The number of ether oxygens (including phenoxy) is 1. The van der Waals surface area contributed by atoms with Crippen LogP contribution in [0, 0.1) is 0 Å². The lowest BCUT2D eigenvalue weighted by atomic mass is 10.1. The summed E-state index contributed by atoms with van der Waals surface area (Å²) in [7, 11) is -4.14. The number of pyridine rings is 1. The summed E-state index contributed by atoms with van der Waals surface area (Å²) >= 11 is 5.93. The van der Waals surface area contributed by atoms with Crippen molar-refractivity contribution in [2.75, 3.05) is 6.61 Å². The Kier molecular flexibility index (Phi) is 7.42. The summed E-state index contributed by atoms with van der Waals surface area (Å²) in [5.74, 6) is 0.562. The Morgan fingerprint density at radius 1 is 1.14 bits per heavy atom. The fourth-order valence-electron chi connectivity index (χ4n) is 3.66. The van der Waals surface area contributed by atoms with E-state index in [1.54, 1.807) is 39.6 Å². The number of carbonyl (C=O) groups excluding carboxylic acids is 1. The number of carbonyl (C=O) groups is 1. The van der Waals surface area contributed by atoms with Crippen LogP contribution in [0.2, 0.25) is 5.02 Å². The number of nitrogens with zero attached hydrogens (tertiary/aromatic N) is 3. The summed E-state index contributed by atoms with van der Waals surface area (Å²) in [6.07, 6.45) is -3.67. The summed E-state index contributed by atoms with van der Waals surface area (Å²) in [5.41, 5.74) is 1.12. The fraction of sp³-hybridized carbons (Fsp3) is 0.208. The van der Waals surface area contributed by atoms with Crippen molar-refractivity contribution in [1.29, 1.82) is 0 Å². The average Bonchev–Trinajstić information content (AvgIpc) is 3.21. The van der Waals surface area contributed by atoms with E-state index in [0.29, 0.717) is 29.9 Å². The normalized spacial score (nSPS) is 12.0. The molecule has 194 valence electrons. The van der Waals surface area contributed by atoms with Gasteiger partial charge in [0.15, 0.2) is 5.03 Å². The van der Waals surface area contributed by atoms with Crippen LogP contribution in [0.25, 0.3) is 16.7 Å². The number of aromatic nitrogens is 3. The van der Waals surface area contributed by atoms with Crippen LogP contribution in [0.1, 0.15) is 23.9 Å². The van der Waals surface area contributed by atoms with Gasteiger partial charge in [0.2, 0.25) is 0 Å². The van der Waals surface area contributed by atoms with E-state index in [2.05, 4.69) is 9.97 Å². The molecule has 0 aliphatic rings. The number of amides is 1. The summed E-state index contributed by atoms with van der Waals surface area (Å²) in [4.78, 5) is 19.9. The number of fused-ring (bicyclic) bond motifs is 1. The molecule has 0 fully saturated rings. The zero-order valence-electron chi connectivity index (χ0n) is 19.3. The topological polar surface area (TPSA) is 103 Å². The third kappa shape index (κ3) is 5.86. The predicted octanol–water partition coefficient (Wildman–Crippen LogP) is 5.31. The molecule has 2 aromatic heterocycles. The van der Waals surface area contributed by atoms with Gasteiger partial charge in [0.25, 0.3) is 10.0 Å². The van der Waals surface area contributed by atoms with Gasteiger partial charge in [-0.25, -0.2) is 19.5 Å². The molecule has 1 N–H and O–H groups in total. The van der Waals surface area contributed by atoms with Crippen molar-refractivity contribution >= 4 is 38.8 Å². The summed E-state index contributed by atoms with van der Waals surface area (Å²) < 4.78 is 72.5. The van der Waals surface area contributed by atoms with E-state index < -0.39 is 32.9 Å². The fourth-order valence-corrected chi connectivity index (χ4v) is 4.77. The van der Waals surface area contributed by atoms with Gasteiger partial charge in [0, 0.05) is 24.7 Å². The lowest BCUT2D eigenvalue weighted by Gasteiger charge is -2.12. The summed E-state index contributed by atoms with van der Waals surface area (Å²) in [5, 5.41) is -0.724. The molecule has 4 rings (SSSR count). The minimum Gasteiger partial charge on any atom is -0.448 e. The van der Waals surface area contributed by atoms with Gasteiger partial charge in [-0.05, 0) is 42.0 Å². The molecule has 0 bridgehead atoms. The standard InChI is InChI=1S/C24H20ClF3N4O4S/c1-2-21-30-19-13-17(24(26,27)28)18(25)14-20(19)32(21)16-8-6-15(7-9-16)10-12-36-23(33)31-37(34,35)22-5-3-4-11-29-22/h3-9,11,13-14H,2,10,12H2,1H3,(H,31,33). The third-order valence-corrected chi connectivity index (χ3v) is 6.92. The monoisotopic (exact) mass is 552 g/mol. The number of imidazole rings is 1. The Balaban J connectivity index is 1.45. The van der Waals surface area contributed by atoms with Crippen molar-refractivity contribution in [1.82, 2.24) is 19.3 Å². The molecule has 2 aromatic carbocycles. The Hall–Kier alpha value is -3.64. The highest BCUT2D eigenvalue weighted by atomic mass is 35.5. The SMILES string of the molecule is CCc1nc2cc(C(F)(F)F)c(Cl)cc2n1-c1ccc(CCOC(=O)NS(=O)(=O)c2ccccn2)cc1. The molecule has 37 heavy (non-hydrogen) atoms. The average molecular weight is 553 g/mol. The smallest absolute Gasteiger partial charge is 0.421 e. The molecule has 0 aliphatic carbocycles. The Morgan fingerprint density at radius 2 is 1.86 bits per heavy atom. The second-order valence-corrected chi connectivity index (χ2v) is 9.90. The number of hydrogen-bond donors (Lipinski definition) is 1. The largest absolute Gasteiger partial charge is 0.448 e. The molecule has 0 spiro atoms. The molecule has 0 saturated carbocycles. The van der Waals surface area contributed by atoms with E-state index >= 15 is 0 Å². The highest BCUT2D eigenvalue weighted by Crippen LogP contribution is 2.37. The van der Waals surface area contributed by atoms with Crippen LogP contribution < -0.4 is 4.72 Å². The molecule has 2 heterocycles. The van der Waals surface area contributed by atoms with Crippen molar-refractivity contribution in [2.45, 2.75) is 31.0 Å². The van der Waals surface area contributed by atoms with Crippen LogP contribution >= 0.6 is 11.6 Å². The van der Waals surface area contributed by atoms with Gasteiger partial charge < -0.3 is 4.74 Å². The summed E-state index contributed by atoms with van der Waals surface area (Å²) in [6, 6.07) is 13.5. The van der Waals surface area contributed by atoms with Crippen LogP contribution in [-0.2, 0) is 33.8 Å². The van der Waals surface area contributed by atoms with E-state index in [0.717, 1.165) is 11.6 Å². The predicted molar refractivity (Wildman–Crippen MR) is 130 cm³/mol. The number of sulfonamides is 1. The molecule has 13 heteroatoms. The first-order valence-corrected chi connectivity index (χ1v) is 12.8. The van der Waals surface area contributed by atoms with E-state index in [1.165, 1.54) is 24.4 Å². The Bertz CT molecular complexity index is 1540. The Morgan fingerprint density at radius 3 is 2.49 bits per heavy atom. The molecule has 0 aliphatic heterocycles. The van der Waals surface area contributed by atoms with Gasteiger partial charge in [-0.15, -0.1) is 0 Å². The first-order valence-electron chi connectivity index (χ1n) is 11.0. The Labute approximate surface area is 215 Å². The van der Waals surface area contributed by atoms with E-state index in [-0.39, 0.29) is 17.1 Å². The zero-order chi connectivity index (χ0) is 26.8. The quantitative estimate of drug-likeness (QED) is 0.333. The molecule has 4 aromatic rings. The molecule has 1 amide bonds. The van der Waals surface area contributed by atoms with E-state index in [4.69, 9.17) is 16.3 Å². The molecular formula is C24H20ClF3N4O4S. The van der Waals surface area contributed by atoms with Gasteiger partial charge in [0.1, 0.15) is 5.82 Å². The maximum absolute atomic E-state index is 13.3. The maximum atomic E-state index is 13.3. The molecule has 8 nitrogen and oxygen atoms in total. The highest BCUT2D eigenvalue weighted by molar-refractivity contribution is 7.90. The van der Waals surface area contributed by atoms with Crippen molar-refractivity contribution in [2.24, 2.45) is 0 Å². The van der Waals surface area contributed by atoms with Gasteiger partial charge in [0.05, 0.1) is 28.2 Å². The maximum Gasteiger partial charge on any atom is 0.421 e. The van der Waals surface area contributed by atoms with Crippen LogP contribution in [0.4, 0.5) is 18.0 Å². The molecule has 0 saturated heterocycles. The molecule has 0 radical (unpaired) electrons. The number of alkyl halides is 3. The van der Waals surface area contributed by atoms with Crippen LogP contribution in [0.5, 0.6) is 0 Å². The number of nitrogens with one attached hydrogen (secondary N) is 1. The van der Waals surface area contributed by atoms with Crippen molar-refractivity contribution in [3.8, 4) is 5.69 Å². The highest BCUT2D eigenvalue weighted by Gasteiger charge is 2.34. The molecule has 0 atom stereocenters. The third-order valence-electron chi connectivity index (χ3n) is 5.38. The van der Waals surface area contributed by atoms with Crippen molar-refractivity contribution < 1.29 is 31.1 Å². The molecule has 0 unspecified atom stereocenters. The zero-order valence-corrected chi connectivity index (χ0v) is 20.9. The van der Waals surface area contributed by atoms with Crippen LogP contribution in [-0.4, -0.2) is 35.7 Å².